The van der Waals surface area contributed by atoms with Crippen LogP contribution in [0.15, 0.2) is 47.4 Å². The number of hydrogen-bond acceptors (Lipinski definition) is 3. The summed E-state index contributed by atoms with van der Waals surface area (Å²) in [5.41, 5.74) is 2.14. The van der Waals surface area contributed by atoms with Gasteiger partial charge in [-0.05, 0) is 55.8 Å². The minimum absolute atomic E-state index is 0.216. The molecule has 2 rings (SSSR count). The second kappa shape index (κ2) is 8.62. The van der Waals surface area contributed by atoms with Gasteiger partial charge in [0.1, 0.15) is 0 Å². The van der Waals surface area contributed by atoms with Gasteiger partial charge in [-0.3, -0.25) is 9.59 Å². The van der Waals surface area contributed by atoms with Gasteiger partial charge in [0.05, 0.1) is 0 Å². The number of alkyl halides is 2. The summed E-state index contributed by atoms with van der Waals surface area (Å²) in [5, 5.41) is 5.45. The van der Waals surface area contributed by atoms with Crippen LogP contribution in [0.3, 0.4) is 0 Å². The maximum atomic E-state index is 12.3. The number of amides is 2. The van der Waals surface area contributed by atoms with Gasteiger partial charge in [-0.1, -0.05) is 17.8 Å². The van der Waals surface area contributed by atoms with Crippen molar-refractivity contribution in [3.05, 3.63) is 59.2 Å². The zero-order chi connectivity index (χ0) is 18.4. The van der Waals surface area contributed by atoms with Crippen molar-refractivity contribution in [2.75, 3.05) is 11.9 Å². The molecule has 0 unspecified atom stereocenters. The van der Waals surface area contributed by atoms with Crippen LogP contribution in [0.4, 0.5) is 14.5 Å². The standard InChI is InChI=1S/C18H18F2N2O2S/c1-3-21-16(23)13-5-4-11(2)15(10-13)22-17(24)12-6-8-14(9-7-12)25-18(19)20/h4-10,18H,3H2,1-2H3,(H,21,23)(H,22,24). The van der Waals surface area contributed by atoms with Crippen molar-refractivity contribution < 1.29 is 18.4 Å². The molecular formula is C18H18F2N2O2S. The molecule has 0 bridgehead atoms. The summed E-state index contributed by atoms with van der Waals surface area (Å²) < 4.78 is 24.6. The molecule has 25 heavy (non-hydrogen) atoms. The summed E-state index contributed by atoms with van der Waals surface area (Å²) in [6, 6.07) is 11.0. The number of carbonyl (C=O) groups is 2. The van der Waals surface area contributed by atoms with E-state index in [0.29, 0.717) is 40.0 Å². The van der Waals surface area contributed by atoms with Crippen molar-refractivity contribution in [2.45, 2.75) is 24.5 Å². The van der Waals surface area contributed by atoms with E-state index < -0.39 is 5.76 Å². The Morgan fingerprint density at radius 2 is 1.68 bits per heavy atom. The van der Waals surface area contributed by atoms with Crippen molar-refractivity contribution in [3.63, 3.8) is 0 Å². The van der Waals surface area contributed by atoms with Gasteiger partial charge in [0, 0.05) is 28.3 Å². The first-order chi connectivity index (χ1) is 11.9. The molecule has 0 aromatic heterocycles. The first-order valence-electron chi connectivity index (χ1n) is 7.65. The van der Waals surface area contributed by atoms with Crippen LogP contribution in [0.25, 0.3) is 0 Å². The van der Waals surface area contributed by atoms with E-state index in [4.69, 9.17) is 0 Å². The van der Waals surface area contributed by atoms with Gasteiger partial charge < -0.3 is 10.6 Å². The fourth-order valence-corrected chi connectivity index (χ4v) is 2.64. The summed E-state index contributed by atoms with van der Waals surface area (Å²) in [5.74, 6) is -3.09. The summed E-state index contributed by atoms with van der Waals surface area (Å²) in [6.07, 6.45) is 0. The Morgan fingerprint density at radius 1 is 1.04 bits per heavy atom. The maximum absolute atomic E-state index is 12.3. The second-order valence-corrected chi connectivity index (χ2v) is 6.31. The molecule has 132 valence electrons. The van der Waals surface area contributed by atoms with Crippen LogP contribution in [-0.2, 0) is 0 Å². The Balaban J connectivity index is 2.14. The van der Waals surface area contributed by atoms with Crippen molar-refractivity contribution in [3.8, 4) is 0 Å². The molecule has 0 aliphatic carbocycles. The van der Waals surface area contributed by atoms with E-state index in [1.54, 1.807) is 18.2 Å². The van der Waals surface area contributed by atoms with Gasteiger partial charge in [0.2, 0.25) is 0 Å². The van der Waals surface area contributed by atoms with Crippen molar-refractivity contribution in [2.24, 2.45) is 0 Å². The lowest BCUT2D eigenvalue weighted by Crippen LogP contribution is -2.23. The van der Waals surface area contributed by atoms with Crippen LogP contribution >= 0.6 is 11.8 Å². The van der Waals surface area contributed by atoms with E-state index in [1.807, 2.05) is 13.8 Å². The van der Waals surface area contributed by atoms with Crippen molar-refractivity contribution in [1.82, 2.24) is 5.32 Å². The van der Waals surface area contributed by atoms with Crippen molar-refractivity contribution >= 4 is 29.3 Å². The minimum Gasteiger partial charge on any atom is -0.352 e. The van der Waals surface area contributed by atoms with Gasteiger partial charge in [0.25, 0.3) is 17.6 Å². The number of anilines is 1. The molecule has 2 amide bonds. The molecule has 7 heteroatoms. The molecule has 2 N–H and O–H groups in total. The number of nitrogens with one attached hydrogen (secondary N) is 2. The molecule has 0 aliphatic heterocycles. The van der Waals surface area contributed by atoms with Crippen LogP contribution in [-0.4, -0.2) is 24.1 Å². The summed E-state index contributed by atoms with van der Waals surface area (Å²) >= 11 is 0.426. The molecule has 4 nitrogen and oxygen atoms in total. The number of carbonyl (C=O) groups excluding carboxylic acids is 2. The molecule has 0 heterocycles. The quantitative estimate of drug-likeness (QED) is 0.751. The number of aryl methyl sites for hydroxylation is 1. The molecular weight excluding hydrogens is 346 g/mol. The fourth-order valence-electron chi connectivity index (χ4n) is 2.14. The highest BCUT2D eigenvalue weighted by molar-refractivity contribution is 7.99. The first-order valence-corrected chi connectivity index (χ1v) is 8.53. The zero-order valence-electron chi connectivity index (χ0n) is 13.8. The lowest BCUT2D eigenvalue weighted by atomic mass is 10.1. The normalized spacial score (nSPS) is 10.6. The molecule has 0 spiro atoms. The van der Waals surface area contributed by atoms with Gasteiger partial charge in [-0.15, -0.1) is 0 Å². The molecule has 0 fully saturated rings. The Labute approximate surface area is 149 Å². The molecule has 2 aromatic carbocycles. The lowest BCUT2D eigenvalue weighted by Gasteiger charge is -2.11. The molecule has 2 aromatic rings. The predicted molar refractivity (Wildman–Crippen MR) is 95.4 cm³/mol. The van der Waals surface area contributed by atoms with Crippen LogP contribution < -0.4 is 10.6 Å². The van der Waals surface area contributed by atoms with E-state index in [1.165, 1.54) is 24.3 Å². The Morgan fingerprint density at radius 3 is 2.28 bits per heavy atom. The largest absolute Gasteiger partial charge is 0.352 e. The summed E-state index contributed by atoms with van der Waals surface area (Å²) in [6.45, 7) is 4.15. The number of thioether (sulfide) groups is 1. The van der Waals surface area contributed by atoms with Crippen LogP contribution in [0.1, 0.15) is 33.2 Å². The number of halogens is 2. The van der Waals surface area contributed by atoms with Crippen molar-refractivity contribution in [1.29, 1.82) is 0 Å². The summed E-state index contributed by atoms with van der Waals surface area (Å²) in [7, 11) is 0. The number of benzene rings is 2. The zero-order valence-corrected chi connectivity index (χ0v) is 14.6. The smallest absolute Gasteiger partial charge is 0.288 e. The predicted octanol–water partition coefficient (Wildman–Crippen LogP) is 4.31. The van der Waals surface area contributed by atoms with Crippen LogP contribution in [0.5, 0.6) is 0 Å². The maximum Gasteiger partial charge on any atom is 0.288 e. The van der Waals surface area contributed by atoms with Crippen LogP contribution in [0, 0.1) is 6.92 Å². The minimum atomic E-state index is -2.50. The summed E-state index contributed by atoms with van der Waals surface area (Å²) in [4.78, 5) is 24.6. The van der Waals surface area contributed by atoms with Gasteiger partial charge in [-0.2, -0.15) is 8.78 Å². The SMILES string of the molecule is CCNC(=O)c1ccc(C)c(NC(=O)c2ccc(SC(F)F)cc2)c1. The van der Waals surface area contributed by atoms with E-state index in [-0.39, 0.29) is 11.8 Å². The van der Waals surface area contributed by atoms with Crippen LogP contribution in [0.2, 0.25) is 0 Å². The topological polar surface area (TPSA) is 58.2 Å². The highest BCUT2D eigenvalue weighted by atomic mass is 32.2. The first kappa shape index (κ1) is 18.9. The van der Waals surface area contributed by atoms with Gasteiger partial charge in [0.15, 0.2) is 0 Å². The second-order valence-electron chi connectivity index (χ2n) is 5.25. The molecule has 0 saturated heterocycles. The monoisotopic (exact) mass is 364 g/mol. The van der Waals surface area contributed by atoms with E-state index in [0.717, 1.165) is 5.56 Å². The Bertz CT molecular complexity index is 764. The number of rotatable bonds is 6. The molecule has 0 radical (unpaired) electrons. The van der Waals surface area contributed by atoms with Gasteiger partial charge >= 0.3 is 0 Å². The third-order valence-corrected chi connectivity index (χ3v) is 4.15. The molecule has 0 saturated carbocycles. The van der Waals surface area contributed by atoms with E-state index in [2.05, 4.69) is 10.6 Å². The molecule has 0 atom stereocenters. The third-order valence-electron chi connectivity index (χ3n) is 3.43. The number of hydrogen-bond donors (Lipinski definition) is 2. The van der Waals surface area contributed by atoms with Gasteiger partial charge in [-0.25, -0.2) is 0 Å². The lowest BCUT2D eigenvalue weighted by molar-refractivity contribution is 0.0954. The Kier molecular flexibility index (Phi) is 6.52. The Hall–Kier alpha value is -2.41. The fraction of sp³-hybridized carbons (Fsp3) is 0.222. The molecule has 0 aliphatic rings. The highest BCUT2D eigenvalue weighted by Crippen LogP contribution is 2.25. The average Bonchev–Trinajstić information content (AvgIpc) is 2.57. The highest BCUT2D eigenvalue weighted by Gasteiger charge is 2.12. The van der Waals surface area contributed by atoms with E-state index in [9.17, 15) is 18.4 Å². The van der Waals surface area contributed by atoms with E-state index >= 15 is 0 Å². The average molecular weight is 364 g/mol. The third kappa shape index (κ3) is 5.29.